The van der Waals surface area contributed by atoms with Crippen LogP contribution in [0.5, 0.6) is 0 Å². The Morgan fingerprint density at radius 3 is 2.24 bits per heavy atom. The van der Waals surface area contributed by atoms with Crippen molar-refractivity contribution in [3.63, 3.8) is 0 Å². The number of aliphatic hydroxyl groups is 1. The lowest BCUT2D eigenvalue weighted by atomic mass is 10.0. The zero-order valence-corrected chi connectivity index (χ0v) is 14.1. The normalized spacial score (nSPS) is 12.8. The summed E-state index contributed by atoms with van der Waals surface area (Å²) < 4.78 is 0. The fourth-order valence-electron chi connectivity index (χ4n) is 2.58. The van der Waals surface area contributed by atoms with Crippen LogP contribution in [0.3, 0.4) is 0 Å². The van der Waals surface area contributed by atoms with Gasteiger partial charge in [0.1, 0.15) is 0 Å². The summed E-state index contributed by atoms with van der Waals surface area (Å²) in [5, 5.41) is 10.3. The Hall–Kier alpha value is -0.860. The summed E-state index contributed by atoms with van der Waals surface area (Å²) >= 11 is 0. The largest absolute Gasteiger partial charge is 0.387 e. The van der Waals surface area contributed by atoms with E-state index in [4.69, 9.17) is 0 Å². The first kappa shape index (κ1) is 18.2. The van der Waals surface area contributed by atoms with E-state index in [0.29, 0.717) is 0 Å². The van der Waals surface area contributed by atoms with E-state index in [9.17, 15) is 5.11 Å². The minimum absolute atomic E-state index is 0.374. The molecule has 1 atom stereocenters. The maximum atomic E-state index is 10.3. The lowest BCUT2D eigenvalue weighted by Crippen LogP contribution is -2.25. The van der Waals surface area contributed by atoms with E-state index >= 15 is 0 Å². The highest BCUT2D eigenvalue weighted by atomic mass is 16.3. The topological polar surface area (TPSA) is 23.5 Å². The number of rotatable bonds is 11. The Bertz CT molecular complexity index is 360. The van der Waals surface area contributed by atoms with Gasteiger partial charge in [0.15, 0.2) is 0 Å². The fraction of sp³-hybridized carbons (Fsp3) is 0.684. The van der Waals surface area contributed by atoms with Gasteiger partial charge in [-0.2, -0.15) is 0 Å². The number of benzene rings is 1. The van der Waals surface area contributed by atoms with Crippen molar-refractivity contribution in [2.45, 2.75) is 64.9 Å². The molecule has 0 fully saturated rings. The van der Waals surface area contributed by atoms with E-state index < -0.39 is 0 Å². The van der Waals surface area contributed by atoms with Crippen molar-refractivity contribution in [2.24, 2.45) is 0 Å². The molecule has 0 heterocycles. The molecule has 0 radical (unpaired) electrons. The predicted molar refractivity (Wildman–Crippen MR) is 91.7 cm³/mol. The number of hydrogen-bond donors (Lipinski definition) is 1. The molecule has 1 aromatic carbocycles. The number of aryl methyl sites for hydroxylation is 1. The zero-order valence-electron chi connectivity index (χ0n) is 14.1. The van der Waals surface area contributed by atoms with Crippen molar-refractivity contribution in [3.8, 4) is 0 Å². The summed E-state index contributed by atoms with van der Waals surface area (Å²) in [5.74, 6) is 0. The molecule has 1 unspecified atom stereocenters. The molecule has 0 spiro atoms. The lowest BCUT2D eigenvalue weighted by molar-refractivity contribution is 0.126. The van der Waals surface area contributed by atoms with Crippen LogP contribution in [0.25, 0.3) is 0 Å². The molecule has 0 aliphatic heterocycles. The van der Waals surface area contributed by atoms with Crippen LogP contribution < -0.4 is 0 Å². The Morgan fingerprint density at radius 2 is 1.62 bits per heavy atom. The smallest absolute Gasteiger partial charge is 0.0916 e. The van der Waals surface area contributed by atoms with Gasteiger partial charge < -0.3 is 10.0 Å². The molecule has 0 aliphatic carbocycles. The van der Waals surface area contributed by atoms with Gasteiger partial charge in [-0.05, 0) is 44.0 Å². The molecule has 120 valence electrons. The maximum absolute atomic E-state index is 10.3. The minimum Gasteiger partial charge on any atom is -0.387 e. The molecule has 1 rings (SSSR count). The molecular formula is C19H33NO. The van der Waals surface area contributed by atoms with E-state index in [1.807, 2.05) is 0 Å². The van der Waals surface area contributed by atoms with Crippen LogP contribution in [0.2, 0.25) is 0 Å². The second kappa shape index (κ2) is 10.8. The molecule has 2 heteroatoms. The summed E-state index contributed by atoms with van der Waals surface area (Å²) in [6, 6.07) is 8.54. The van der Waals surface area contributed by atoms with Gasteiger partial charge in [-0.15, -0.1) is 0 Å². The van der Waals surface area contributed by atoms with Crippen LogP contribution in [0, 0.1) is 0 Å². The summed E-state index contributed by atoms with van der Waals surface area (Å²) in [5.41, 5.74) is 2.43. The second-order valence-corrected chi connectivity index (χ2v) is 6.18. The zero-order chi connectivity index (χ0) is 15.5. The first-order valence-corrected chi connectivity index (χ1v) is 8.62. The molecule has 0 amide bonds. The van der Waals surface area contributed by atoms with E-state index in [1.165, 1.54) is 44.1 Å². The summed E-state index contributed by atoms with van der Waals surface area (Å²) in [4.78, 5) is 2.22. The fourth-order valence-corrected chi connectivity index (χ4v) is 2.58. The highest BCUT2D eigenvalue weighted by molar-refractivity contribution is 5.24. The van der Waals surface area contributed by atoms with Gasteiger partial charge in [0, 0.05) is 6.54 Å². The third-order valence-electron chi connectivity index (χ3n) is 4.06. The SMILES string of the molecule is CCCCCCc1ccc(C(O)CN(C)CCCC)cc1. The third kappa shape index (κ3) is 7.63. The van der Waals surface area contributed by atoms with Crippen molar-refractivity contribution >= 4 is 0 Å². The molecule has 1 N–H and O–H groups in total. The Labute approximate surface area is 131 Å². The van der Waals surface area contributed by atoms with Gasteiger partial charge in [-0.25, -0.2) is 0 Å². The molecule has 1 aromatic rings. The van der Waals surface area contributed by atoms with E-state index in [-0.39, 0.29) is 6.10 Å². The van der Waals surface area contributed by atoms with Crippen LogP contribution in [0.15, 0.2) is 24.3 Å². The highest BCUT2D eigenvalue weighted by Gasteiger charge is 2.10. The Balaban J connectivity index is 2.38. The van der Waals surface area contributed by atoms with Crippen molar-refractivity contribution in [2.75, 3.05) is 20.1 Å². The average Bonchev–Trinajstić information content (AvgIpc) is 2.50. The summed E-state index contributed by atoms with van der Waals surface area (Å²) in [7, 11) is 2.08. The van der Waals surface area contributed by atoms with Crippen LogP contribution in [-0.4, -0.2) is 30.1 Å². The van der Waals surface area contributed by atoms with E-state index in [0.717, 1.165) is 25.1 Å². The number of likely N-dealkylation sites (N-methyl/N-ethyl adjacent to an activating group) is 1. The highest BCUT2D eigenvalue weighted by Crippen LogP contribution is 2.16. The molecule has 0 saturated carbocycles. The molecule has 0 saturated heterocycles. The molecule has 21 heavy (non-hydrogen) atoms. The quantitative estimate of drug-likeness (QED) is 0.603. The Kier molecular flexibility index (Phi) is 9.36. The number of hydrogen-bond acceptors (Lipinski definition) is 2. The van der Waals surface area contributed by atoms with Gasteiger partial charge in [0.2, 0.25) is 0 Å². The molecule has 2 nitrogen and oxygen atoms in total. The third-order valence-corrected chi connectivity index (χ3v) is 4.06. The molecule has 0 aromatic heterocycles. The predicted octanol–water partition coefficient (Wildman–Crippen LogP) is 4.57. The minimum atomic E-state index is -0.374. The second-order valence-electron chi connectivity index (χ2n) is 6.18. The van der Waals surface area contributed by atoms with Gasteiger partial charge in [-0.3, -0.25) is 0 Å². The van der Waals surface area contributed by atoms with Crippen molar-refractivity contribution < 1.29 is 5.11 Å². The van der Waals surface area contributed by atoms with Crippen LogP contribution in [0.4, 0.5) is 0 Å². The lowest BCUT2D eigenvalue weighted by Gasteiger charge is -2.20. The van der Waals surface area contributed by atoms with Gasteiger partial charge in [0.05, 0.1) is 6.10 Å². The van der Waals surface area contributed by atoms with Crippen molar-refractivity contribution in [1.29, 1.82) is 0 Å². The van der Waals surface area contributed by atoms with Gasteiger partial charge in [0.25, 0.3) is 0 Å². The van der Waals surface area contributed by atoms with Crippen molar-refractivity contribution in [1.82, 2.24) is 4.90 Å². The van der Waals surface area contributed by atoms with Gasteiger partial charge in [-0.1, -0.05) is 63.8 Å². The maximum Gasteiger partial charge on any atom is 0.0916 e. The molecule has 0 bridgehead atoms. The summed E-state index contributed by atoms with van der Waals surface area (Å²) in [6.45, 7) is 6.22. The van der Waals surface area contributed by atoms with Crippen molar-refractivity contribution in [3.05, 3.63) is 35.4 Å². The number of aliphatic hydroxyl groups excluding tert-OH is 1. The Morgan fingerprint density at radius 1 is 0.952 bits per heavy atom. The van der Waals surface area contributed by atoms with Crippen LogP contribution in [-0.2, 0) is 6.42 Å². The average molecular weight is 291 g/mol. The molecule has 0 aliphatic rings. The first-order valence-electron chi connectivity index (χ1n) is 8.62. The molecular weight excluding hydrogens is 258 g/mol. The van der Waals surface area contributed by atoms with Crippen LogP contribution >= 0.6 is 0 Å². The summed E-state index contributed by atoms with van der Waals surface area (Å²) in [6.07, 6.45) is 8.40. The number of unbranched alkanes of at least 4 members (excludes halogenated alkanes) is 4. The van der Waals surface area contributed by atoms with Gasteiger partial charge >= 0.3 is 0 Å². The van der Waals surface area contributed by atoms with E-state index in [1.54, 1.807) is 0 Å². The monoisotopic (exact) mass is 291 g/mol. The standard InChI is InChI=1S/C19H33NO/c1-4-6-8-9-10-17-11-13-18(14-12-17)19(21)16-20(3)15-7-5-2/h11-14,19,21H,4-10,15-16H2,1-3H3. The van der Waals surface area contributed by atoms with E-state index in [2.05, 4.69) is 50.1 Å². The number of nitrogens with zero attached hydrogens (tertiary/aromatic N) is 1. The first-order chi connectivity index (χ1) is 10.2. The van der Waals surface area contributed by atoms with Crippen LogP contribution in [0.1, 0.15) is 69.6 Å².